The first-order chi connectivity index (χ1) is 13.2. The van der Waals surface area contributed by atoms with Crippen molar-refractivity contribution in [1.82, 2.24) is 9.88 Å². The number of primary amides is 1. The summed E-state index contributed by atoms with van der Waals surface area (Å²) in [7, 11) is 0. The van der Waals surface area contributed by atoms with Gasteiger partial charge in [-0.1, -0.05) is 12.1 Å². The largest absolute Gasteiger partial charge is 0.444 e. The molecule has 2 N–H and O–H groups in total. The molecule has 28 heavy (non-hydrogen) atoms. The number of ether oxygens (including phenoxy) is 1. The number of benzene rings is 1. The van der Waals surface area contributed by atoms with Gasteiger partial charge in [-0.2, -0.15) is 0 Å². The van der Waals surface area contributed by atoms with Crippen LogP contribution in [0.25, 0.3) is 11.1 Å². The van der Waals surface area contributed by atoms with Crippen molar-refractivity contribution in [2.24, 2.45) is 5.73 Å². The third-order valence-corrected chi connectivity index (χ3v) is 4.48. The average Bonchev–Trinajstić information content (AvgIpc) is 2.67. The summed E-state index contributed by atoms with van der Waals surface area (Å²) >= 11 is 0. The lowest BCUT2D eigenvalue weighted by Crippen LogP contribution is -2.50. The highest BCUT2D eigenvalue weighted by Gasteiger charge is 2.26. The number of anilines is 1. The Hall–Kier alpha value is -3.09. The van der Waals surface area contributed by atoms with Crippen molar-refractivity contribution >= 4 is 17.8 Å². The Balaban J connectivity index is 1.63. The lowest BCUT2D eigenvalue weighted by atomic mass is 10.0. The molecule has 0 unspecified atom stereocenters. The molecule has 1 fully saturated rings. The number of piperazine rings is 1. The summed E-state index contributed by atoms with van der Waals surface area (Å²) in [5.41, 5.74) is 7.14. The molecule has 2 aromatic rings. The van der Waals surface area contributed by atoms with Crippen LogP contribution in [0, 0.1) is 0 Å². The van der Waals surface area contributed by atoms with Gasteiger partial charge in [0, 0.05) is 43.5 Å². The quantitative estimate of drug-likeness (QED) is 0.882. The Morgan fingerprint density at radius 2 is 1.75 bits per heavy atom. The van der Waals surface area contributed by atoms with Gasteiger partial charge in [0.2, 0.25) is 5.91 Å². The van der Waals surface area contributed by atoms with Crippen LogP contribution in [0.2, 0.25) is 0 Å². The maximum atomic E-state index is 12.2. The van der Waals surface area contributed by atoms with Crippen molar-refractivity contribution < 1.29 is 14.3 Å². The molecule has 0 radical (unpaired) electrons. The van der Waals surface area contributed by atoms with Gasteiger partial charge in [-0.05, 0) is 50.6 Å². The number of aromatic nitrogens is 1. The van der Waals surface area contributed by atoms with E-state index in [1.54, 1.807) is 29.3 Å². The lowest BCUT2D eigenvalue weighted by Gasteiger charge is -2.36. The molecular formula is C21H26N4O3. The molecule has 7 nitrogen and oxygen atoms in total. The van der Waals surface area contributed by atoms with Crippen LogP contribution in [-0.4, -0.2) is 53.7 Å². The minimum absolute atomic E-state index is 0.273. The zero-order valence-electron chi connectivity index (χ0n) is 16.5. The molecule has 1 saturated heterocycles. The molecule has 1 aromatic heterocycles. The third-order valence-electron chi connectivity index (χ3n) is 4.48. The molecule has 2 heterocycles. The summed E-state index contributed by atoms with van der Waals surface area (Å²) < 4.78 is 5.43. The summed E-state index contributed by atoms with van der Waals surface area (Å²) in [5, 5.41) is 0. The van der Waals surface area contributed by atoms with E-state index in [1.807, 2.05) is 39.0 Å². The Kier molecular flexibility index (Phi) is 5.53. The van der Waals surface area contributed by atoms with Crippen molar-refractivity contribution in [3.05, 3.63) is 48.2 Å². The summed E-state index contributed by atoms with van der Waals surface area (Å²) in [5.74, 6) is 0.410. The van der Waals surface area contributed by atoms with E-state index in [4.69, 9.17) is 10.5 Å². The van der Waals surface area contributed by atoms with Crippen LogP contribution in [0.5, 0.6) is 0 Å². The molecule has 0 aliphatic carbocycles. The average molecular weight is 382 g/mol. The van der Waals surface area contributed by atoms with Crippen LogP contribution in [0.15, 0.2) is 42.6 Å². The van der Waals surface area contributed by atoms with Crippen molar-refractivity contribution in [1.29, 1.82) is 0 Å². The number of carbonyl (C=O) groups excluding carboxylic acids is 2. The topological polar surface area (TPSA) is 88.8 Å². The van der Waals surface area contributed by atoms with Gasteiger partial charge in [-0.15, -0.1) is 0 Å². The van der Waals surface area contributed by atoms with E-state index in [0.29, 0.717) is 31.7 Å². The Morgan fingerprint density at radius 1 is 1.04 bits per heavy atom. The summed E-state index contributed by atoms with van der Waals surface area (Å²) in [4.78, 5) is 32.0. The number of hydrogen-bond donors (Lipinski definition) is 1. The molecule has 7 heteroatoms. The Labute approximate surface area is 165 Å². The standard InChI is InChI=1S/C21H26N4O3/c1-21(2,3)28-20(27)25-11-9-24(10-12-25)18-8-7-17(14-23-18)15-5-4-6-16(13-15)19(22)26/h4-8,13-14H,9-12H2,1-3H3,(H2,22,26). The highest BCUT2D eigenvalue weighted by Crippen LogP contribution is 2.23. The SMILES string of the molecule is CC(C)(C)OC(=O)N1CCN(c2ccc(-c3cccc(C(N)=O)c3)cn2)CC1. The van der Waals surface area contributed by atoms with Gasteiger partial charge in [-0.25, -0.2) is 9.78 Å². The van der Waals surface area contributed by atoms with Gasteiger partial charge in [0.05, 0.1) is 0 Å². The molecule has 0 bridgehead atoms. The van der Waals surface area contributed by atoms with Crippen LogP contribution >= 0.6 is 0 Å². The number of pyridine rings is 1. The summed E-state index contributed by atoms with van der Waals surface area (Å²) in [6.07, 6.45) is 1.51. The second-order valence-electron chi connectivity index (χ2n) is 7.80. The zero-order chi connectivity index (χ0) is 20.3. The molecule has 0 spiro atoms. The van der Waals surface area contributed by atoms with E-state index < -0.39 is 11.5 Å². The maximum Gasteiger partial charge on any atom is 0.410 e. The predicted octanol–water partition coefficient (Wildman–Crippen LogP) is 2.90. The minimum atomic E-state index is -0.489. The number of hydrogen-bond acceptors (Lipinski definition) is 5. The van der Waals surface area contributed by atoms with Crippen molar-refractivity contribution in [3.63, 3.8) is 0 Å². The van der Waals surface area contributed by atoms with Gasteiger partial charge < -0.3 is 20.3 Å². The smallest absolute Gasteiger partial charge is 0.410 e. The molecule has 0 atom stereocenters. The molecule has 1 aliphatic heterocycles. The molecule has 2 amide bonds. The molecule has 3 rings (SSSR count). The van der Waals surface area contributed by atoms with Gasteiger partial charge in [0.1, 0.15) is 11.4 Å². The molecule has 148 valence electrons. The predicted molar refractivity (Wildman–Crippen MR) is 108 cm³/mol. The van der Waals surface area contributed by atoms with Crippen LogP contribution in [0.1, 0.15) is 31.1 Å². The Morgan fingerprint density at radius 3 is 2.32 bits per heavy atom. The minimum Gasteiger partial charge on any atom is -0.444 e. The summed E-state index contributed by atoms with van der Waals surface area (Å²) in [6.45, 7) is 8.19. The van der Waals surface area contributed by atoms with Gasteiger partial charge >= 0.3 is 6.09 Å². The van der Waals surface area contributed by atoms with Gasteiger partial charge in [-0.3, -0.25) is 4.79 Å². The number of rotatable bonds is 3. The number of nitrogens with zero attached hydrogens (tertiary/aromatic N) is 3. The number of nitrogens with two attached hydrogens (primary N) is 1. The van der Waals surface area contributed by atoms with E-state index >= 15 is 0 Å². The van der Waals surface area contributed by atoms with Crippen molar-refractivity contribution in [3.8, 4) is 11.1 Å². The number of amides is 2. The normalized spacial score (nSPS) is 14.7. The molecule has 1 aliphatic rings. The van der Waals surface area contributed by atoms with E-state index in [1.165, 1.54) is 0 Å². The highest BCUT2D eigenvalue weighted by atomic mass is 16.6. The Bertz CT molecular complexity index is 851. The molecule has 1 aromatic carbocycles. The van der Waals surface area contributed by atoms with Crippen molar-refractivity contribution in [2.75, 3.05) is 31.1 Å². The fraction of sp³-hybridized carbons (Fsp3) is 0.381. The highest BCUT2D eigenvalue weighted by molar-refractivity contribution is 5.94. The molecule has 0 saturated carbocycles. The van der Waals surface area contributed by atoms with Gasteiger partial charge in [0.15, 0.2) is 0 Å². The van der Waals surface area contributed by atoms with Crippen molar-refractivity contribution in [2.45, 2.75) is 26.4 Å². The molecular weight excluding hydrogens is 356 g/mol. The lowest BCUT2D eigenvalue weighted by molar-refractivity contribution is 0.0240. The second-order valence-corrected chi connectivity index (χ2v) is 7.80. The second kappa shape index (κ2) is 7.88. The monoisotopic (exact) mass is 382 g/mol. The third kappa shape index (κ3) is 4.79. The fourth-order valence-electron chi connectivity index (χ4n) is 3.04. The van der Waals surface area contributed by atoms with E-state index in [-0.39, 0.29) is 6.09 Å². The van der Waals surface area contributed by atoms with Crippen LogP contribution in [-0.2, 0) is 4.74 Å². The maximum absolute atomic E-state index is 12.2. The van der Waals surface area contributed by atoms with E-state index in [2.05, 4.69) is 9.88 Å². The van der Waals surface area contributed by atoms with Gasteiger partial charge in [0.25, 0.3) is 0 Å². The van der Waals surface area contributed by atoms with Crippen LogP contribution < -0.4 is 10.6 Å². The van der Waals surface area contributed by atoms with E-state index in [9.17, 15) is 9.59 Å². The first kappa shape index (κ1) is 19.7. The van der Waals surface area contributed by atoms with E-state index in [0.717, 1.165) is 16.9 Å². The summed E-state index contributed by atoms with van der Waals surface area (Å²) in [6, 6.07) is 11.1. The first-order valence-electron chi connectivity index (χ1n) is 9.32. The first-order valence-corrected chi connectivity index (χ1v) is 9.32. The zero-order valence-corrected chi connectivity index (χ0v) is 16.5. The fourth-order valence-corrected chi connectivity index (χ4v) is 3.04. The van der Waals surface area contributed by atoms with Crippen LogP contribution in [0.4, 0.5) is 10.6 Å². The van der Waals surface area contributed by atoms with Crippen LogP contribution in [0.3, 0.4) is 0 Å². The number of carbonyl (C=O) groups is 2.